The number of para-hydroxylation sites is 1. The van der Waals surface area contributed by atoms with Crippen molar-refractivity contribution in [3.05, 3.63) is 111 Å². The van der Waals surface area contributed by atoms with Crippen molar-refractivity contribution < 1.29 is 23.8 Å². The second kappa shape index (κ2) is 8.93. The number of rotatable bonds is 4. The zero-order chi connectivity index (χ0) is 26.7. The molecule has 0 saturated carbocycles. The Kier molecular flexibility index (Phi) is 5.47. The standard InChI is InChI=1S/C30H20Cl2N2O5/c31-19-9-20(32)11-21(10-19)33-28(35)18-5-3-4-17(8-18)14-34-24-7-2-1-6-22(24)30(29(34)36)15-37-25-13-27-26(12-23(25)30)38-16-39-27/h1-13H,14-16H2,(H,33,35). The van der Waals surface area contributed by atoms with E-state index < -0.39 is 5.41 Å². The first-order valence-corrected chi connectivity index (χ1v) is 13.0. The first-order chi connectivity index (χ1) is 18.9. The Morgan fingerprint density at radius 2 is 1.62 bits per heavy atom. The molecule has 1 unspecified atom stereocenters. The van der Waals surface area contributed by atoms with Gasteiger partial charge in [-0.15, -0.1) is 0 Å². The predicted octanol–water partition coefficient (Wildman–Crippen LogP) is 6.20. The summed E-state index contributed by atoms with van der Waals surface area (Å²) in [7, 11) is 0. The van der Waals surface area contributed by atoms with Gasteiger partial charge in [0, 0.05) is 38.6 Å². The lowest BCUT2D eigenvalue weighted by atomic mass is 9.77. The van der Waals surface area contributed by atoms with Crippen molar-refractivity contribution in [3.8, 4) is 17.2 Å². The molecule has 4 aromatic rings. The molecule has 0 fully saturated rings. The molecule has 7 rings (SSSR count). The molecule has 1 N–H and O–H groups in total. The lowest BCUT2D eigenvalue weighted by molar-refractivity contribution is -0.122. The maximum atomic E-state index is 14.2. The van der Waals surface area contributed by atoms with Crippen LogP contribution in [-0.2, 0) is 16.8 Å². The highest BCUT2D eigenvalue weighted by Crippen LogP contribution is 2.55. The van der Waals surface area contributed by atoms with Gasteiger partial charge in [-0.25, -0.2) is 0 Å². The number of amides is 2. The van der Waals surface area contributed by atoms with Crippen molar-refractivity contribution in [3.63, 3.8) is 0 Å². The van der Waals surface area contributed by atoms with Gasteiger partial charge in [0.25, 0.3) is 5.91 Å². The number of ether oxygens (including phenoxy) is 3. The molecule has 0 bridgehead atoms. The summed E-state index contributed by atoms with van der Waals surface area (Å²) in [6.07, 6.45) is 0. The highest BCUT2D eigenvalue weighted by molar-refractivity contribution is 6.35. The van der Waals surface area contributed by atoms with E-state index in [9.17, 15) is 9.59 Å². The van der Waals surface area contributed by atoms with Gasteiger partial charge in [-0.2, -0.15) is 0 Å². The lowest BCUT2D eigenvalue weighted by Crippen LogP contribution is -2.42. The van der Waals surface area contributed by atoms with Gasteiger partial charge in [0.2, 0.25) is 12.7 Å². The molecule has 7 nitrogen and oxygen atoms in total. The predicted molar refractivity (Wildman–Crippen MR) is 147 cm³/mol. The Hall–Kier alpha value is -4.20. The van der Waals surface area contributed by atoms with Crippen LogP contribution in [0.4, 0.5) is 11.4 Å². The van der Waals surface area contributed by atoms with Crippen molar-refractivity contribution in [2.45, 2.75) is 12.0 Å². The highest BCUT2D eigenvalue weighted by atomic mass is 35.5. The van der Waals surface area contributed by atoms with Crippen molar-refractivity contribution >= 4 is 46.4 Å². The third-order valence-corrected chi connectivity index (χ3v) is 7.73. The van der Waals surface area contributed by atoms with E-state index in [0.29, 0.717) is 38.5 Å². The van der Waals surface area contributed by atoms with Crippen LogP contribution >= 0.6 is 23.2 Å². The number of hydrogen-bond donors (Lipinski definition) is 1. The second-order valence-corrected chi connectivity index (χ2v) is 10.5. The van der Waals surface area contributed by atoms with Crippen LogP contribution in [0.15, 0.2) is 78.9 Å². The number of carbonyl (C=O) groups excluding carboxylic acids is 2. The zero-order valence-electron chi connectivity index (χ0n) is 20.4. The summed E-state index contributed by atoms with van der Waals surface area (Å²) in [4.78, 5) is 29.0. The van der Waals surface area contributed by atoms with Crippen molar-refractivity contribution in [2.75, 3.05) is 23.6 Å². The van der Waals surface area contributed by atoms with Gasteiger partial charge in [-0.05, 0) is 53.6 Å². The van der Waals surface area contributed by atoms with Gasteiger partial charge in [-0.1, -0.05) is 53.5 Å². The molecule has 0 aromatic heterocycles. The summed E-state index contributed by atoms with van der Waals surface area (Å²) in [5.41, 5.74) is 3.19. The maximum Gasteiger partial charge on any atom is 0.255 e. The van der Waals surface area contributed by atoms with Crippen LogP contribution in [-0.4, -0.2) is 25.2 Å². The molecular formula is C30H20Cl2N2O5. The molecule has 0 saturated heterocycles. The Morgan fingerprint density at radius 1 is 0.846 bits per heavy atom. The fraction of sp³-hybridized carbons (Fsp3) is 0.133. The van der Waals surface area contributed by atoms with Crippen molar-refractivity contribution in [1.82, 2.24) is 0 Å². The van der Waals surface area contributed by atoms with E-state index in [-0.39, 0.29) is 31.8 Å². The fourth-order valence-electron chi connectivity index (χ4n) is 5.54. The monoisotopic (exact) mass is 558 g/mol. The van der Waals surface area contributed by atoms with Crippen LogP contribution in [0.5, 0.6) is 17.2 Å². The summed E-state index contributed by atoms with van der Waals surface area (Å²) in [6, 6.07) is 23.4. The molecule has 9 heteroatoms. The molecule has 4 aromatic carbocycles. The third kappa shape index (κ3) is 3.80. The normalized spacial score (nSPS) is 18.2. The third-order valence-electron chi connectivity index (χ3n) is 7.29. The van der Waals surface area contributed by atoms with E-state index in [4.69, 9.17) is 37.4 Å². The summed E-state index contributed by atoms with van der Waals surface area (Å²) >= 11 is 12.1. The number of hydrogen-bond acceptors (Lipinski definition) is 5. The molecule has 39 heavy (non-hydrogen) atoms. The number of carbonyl (C=O) groups is 2. The fourth-order valence-corrected chi connectivity index (χ4v) is 6.07. The van der Waals surface area contributed by atoms with Crippen LogP contribution in [0.2, 0.25) is 10.0 Å². The Balaban J connectivity index is 1.21. The first kappa shape index (κ1) is 23.9. The highest BCUT2D eigenvalue weighted by Gasteiger charge is 2.57. The van der Waals surface area contributed by atoms with Gasteiger partial charge in [0.1, 0.15) is 17.8 Å². The number of nitrogens with zero attached hydrogens (tertiary/aromatic N) is 1. The van der Waals surface area contributed by atoms with Gasteiger partial charge < -0.3 is 24.4 Å². The van der Waals surface area contributed by atoms with E-state index in [2.05, 4.69) is 5.32 Å². The minimum Gasteiger partial charge on any atom is -0.491 e. The topological polar surface area (TPSA) is 77.1 Å². The summed E-state index contributed by atoms with van der Waals surface area (Å²) in [5, 5.41) is 3.68. The van der Waals surface area contributed by atoms with E-state index in [1.807, 2.05) is 36.4 Å². The Labute approximate surface area is 233 Å². The van der Waals surface area contributed by atoms with E-state index in [1.165, 1.54) is 0 Å². The first-order valence-electron chi connectivity index (χ1n) is 12.3. The number of halogens is 2. The summed E-state index contributed by atoms with van der Waals surface area (Å²) in [6.45, 7) is 0.597. The Morgan fingerprint density at radius 3 is 2.44 bits per heavy atom. The summed E-state index contributed by atoms with van der Waals surface area (Å²) < 4.78 is 17.2. The lowest BCUT2D eigenvalue weighted by Gasteiger charge is -2.23. The molecule has 3 aliphatic rings. The quantitative estimate of drug-likeness (QED) is 0.322. The number of benzene rings is 4. The molecule has 3 aliphatic heterocycles. The van der Waals surface area contributed by atoms with Crippen molar-refractivity contribution in [2.24, 2.45) is 0 Å². The van der Waals surface area contributed by atoms with Crippen LogP contribution < -0.4 is 24.4 Å². The minimum absolute atomic E-state index is 0.0928. The molecule has 1 spiro atoms. The summed E-state index contributed by atoms with van der Waals surface area (Å²) in [5.74, 6) is 1.42. The average Bonchev–Trinajstić information content (AvgIpc) is 3.59. The van der Waals surface area contributed by atoms with E-state index in [0.717, 1.165) is 22.4 Å². The largest absolute Gasteiger partial charge is 0.491 e. The molecule has 0 radical (unpaired) electrons. The number of fused-ring (bicyclic) bond motifs is 5. The van der Waals surface area contributed by atoms with Gasteiger partial charge in [0.15, 0.2) is 11.5 Å². The second-order valence-electron chi connectivity index (χ2n) is 9.62. The van der Waals surface area contributed by atoms with Crippen LogP contribution in [0.25, 0.3) is 0 Å². The molecule has 0 aliphatic carbocycles. The van der Waals surface area contributed by atoms with E-state index >= 15 is 0 Å². The van der Waals surface area contributed by atoms with Gasteiger partial charge in [0.05, 0.1) is 6.54 Å². The van der Waals surface area contributed by atoms with Gasteiger partial charge in [-0.3, -0.25) is 9.59 Å². The molecule has 194 valence electrons. The minimum atomic E-state index is -0.992. The average molecular weight is 559 g/mol. The number of anilines is 2. The van der Waals surface area contributed by atoms with Crippen molar-refractivity contribution in [1.29, 1.82) is 0 Å². The number of nitrogens with one attached hydrogen (secondary N) is 1. The van der Waals surface area contributed by atoms with E-state index in [1.54, 1.807) is 47.4 Å². The molecular weight excluding hydrogens is 539 g/mol. The molecule has 1 atom stereocenters. The molecule has 3 heterocycles. The van der Waals surface area contributed by atoms with Gasteiger partial charge >= 0.3 is 0 Å². The molecule has 2 amide bonds. The van der Waals surface area contributed by atoms with Crippen LogP contribution in [0, 0.1) is 0 Å². The van der Waals surface area contributed by atoms with Crippen LogP contribution in [0.1, 0.15) is 27.0 Å². The Bertz CT molecular complexity index is 1670. The smallest absolute Gasteiger partial charge is 0.255 e. The maximum absolute atomic E-state index is 14.2. The SMILES string of the molecule is O=C(Nc1cc(Cl)cc(Cl)c1)c1cccc(CN2C(=O)C3(COc4cc5c(cc43)OCO5)c3ccccc32)c1. The zero-order valence-corrected chi connectivity index (χ0v) is 21.9. The van der Waals surface area contributed by atoms with Crippen LogP contribution in [0.3, 0.4) is 0 Å².